The van der Waals surface area contributed by atoms with Crippen LogP contribution in [0.25, 0.3) is 0 Å². The van der Waals surface area contributed by atoms with E-state index in [9.17, 15) is 14.5 Å². The van der Waals surface area contributed by atoms with Gasteiger partial charge in [0.15, 0.2) is 0 Å². The first-order valence-electron chi connectivity index (χ1n) is 6.93. The molecule has 116 valence electrons. The Labute approximate surface area is 123 Å². The molecule has 0 saturated carbocycles. The molecule has 0 unspecified atom stereocenters. The molecule has 0 atom stereocenters. The third kappa shape index (κ3) is 3.98. The molecule has 1 aromatic rings. The van der Waals surface area contributed by atoms with E-state index >= 15 is 0 Å². The zero-order chi connectivity index (χ0) is 15.8. The van der Waals surface area contributed by atoms with Gasteiger partial charge in [0.1, 0.15) is 0 Å². The van der Waals surface area contributed by atoms with Gasteiger partial charge in [-0.1, -0.05) is 6.07 Å². The lowest BCUT2D eigenvalue weighted by Crippen LogP contribution is -2.56. The molecular weight excluding hydrogens is 275 g/mol. The fourth-order valence-electron chi connectivity index (χ4n) is 3.11. The molecule has 1 saturated heterocycles. The Morgan fingerprint density at radius 3 is 2.33 bits per heavy atom. The highest BCUT2D eigenvalue weighted by Gasteiger charge is 2.37. The van der Waals surface area contributed by atoms with Gasteiger partial charge >= 0.3 is 5.69 Å². The second-order valence-electron chi connectivity index (χ2n) is 6.81. The molecule has 6 heteroatoms. The predicted molar refractivity (Wildman–Crippen MR) is 77.6 cm³/mol. The summed E-state index contributed by atoms with van der Waals surface area (Å²) < 4.78 is 19.7. The number of halogens is 1. The Balaban J connectivity index is 2.14. The Bertz CT molecular complexity index is 542. The molecule has 1 fully saturated rings. The molecule has 0 spiro atoms. The van der Waals surface area contributed by atoms with Crippen LogP contribution in [0.3, 0.4) is 0 Å². The first-order valence-corrected chi connectivity index (χ1v) is 6.93. The van der Waals surface area contributed by atoms with Crippen molar-refractivity contribution in [1.29, 1.82) is 0 Å². The van der Waals surface area contributed by atoms with E-state index in [0.29, 0.717) is 6.54 Å². The van der Waals surface area contributed by atoms with Crippen molar-refractivity contribution in [2.45, 2.75) is 45.4 Å². The summed E-state index contributed by atoms with van der Waals surface area (Å²) in [6.45, 7) is 10.1. The van der Waals surface area contributed by atoms with Gasteiger partial charge in [0.25, 0.3) is 0 Å². The number of ether oxygens (including phenoxy) is 1. The molecule has 1 aliphatic heterocycles. The minimum atomic E-state index is -0.788. The quantitative estimate of drug-likeness (QED) is 0.635. The molecule has 1 aromatic carbocycles. The fourth-order valence-corrected chi connectivity index (χ4v) is 3.11. The number of hydrogen-bond donors (Lipinski definition) is 0. The van der Waals surface area contributed by atoms with Crippen molar-refractivity contribution in [2.75, 3.05) is 13.1 Å². The van der Waals surface area contributed by atoms with Crippen molar-refractivity contribution >= 4 is 5.69 Å². The molecule has 0 radical (unpaired) electrons. The fraction of sp³-hybridized carbons (Fsp3) is 0.600. The van der Waals surface area contributed by atoms with Crippen LogP contribution in [0.4, 0.5) is 10.1 Å². The van der Waals surface area contributed by atoms with Crippen LogP contribution in [0, 0.1) is 15.9 Å². The Hall–Kier alpha value is -1.53. The van der Waals surface area contributed by atoms with Crippen molar-refractivity contribution in [3.05, 3.63) is 39.7 Å². The number of hydrogen-bond acceptors (Lipinski definition) is 4. The maximum atomic E-state index is 13.7. The van der Waals surface area contributed by atoms with Gasteiger partial charge < -0.3 is 4.74 Å². The number of rotatable bonds is 3. The van der Waals surface area contributed by atoms with Crippen molar-refractivity contribution < 1.29 is 14.1 Å². The topological polar surface area (TPSA) is 55.6 Å². The minimum Gasteiger partial charge on any atom is -0.367 e. The third-order valence-electron chi connectivity index (χ3n) is 3.38. The van der Waals surface area contributed by atoms with Crippen LogP contribution in [0.1, 0.15) is 33.3 Å². The molecule has 0 aromatic heterocycles. The average molecular weight is 296 g/mol. The van der Waals surface area contributed by atoms with Gasteiger partial charge in [0, 0.05) is 25.7 Å². The largest absolute Gasteiger partial charge is 0.367 e. The van der Waals surface area contributed by atoms with Crippen LogP contribution < -0.4 is 0 Å². The highest BCUT2D eigenvalue weighted by molar-refractivity contribution is 5.35. The van der Waals surface area contributed by atoms with Gasteiger partial charge in [0.05, 0.1) is 16.1 Å². The minimum absolute atomic E-state index is 0.277. The summed E-state index contributed by atoms with van der Waals surface area (Å²) in [6, 6.07) is 4.08. The van der Waals surface area contributed by atoms with E-state index in [-0.39, 0.29) is 11.2 Å². The second kappa shape index (κ2) is 5.35. The third-order valence-corrected chi connectivity index (χ3v) is 3.38. The molecule has 1 aliphatic rings. The molecule has 21 heavy (non-hydrogen) atoms. The molecule has 0 amide bonds. The number of nitro benzene ring substituents is 1. The van der Waals surface area contributed by atoms with E-state index < -0.39 is 16.4 Å². The van der Waals surface area contributed by atoms with E-state index in [4.69, 9.17) is 4.74 Å². The zero-order valence-electron chi connectivity index (χ0n) is 12.9. The Kier molecular flexibility index (Phi) is 4.04. The van der Waals surface area contributed by atoms with Crippen LogP contribution in [0.15, 0.2) is 18.2 Å². The van der Waals surface area contributed by atoms with Crippen LogP contribution in [-0.4, -0.2) is 34.1 Å². The standard InChI is InChI=1S/C15H21FN2O3/c1-14(2)9-17(10-15(3,4)21-14)8-11-5-6-13(18(19)20)12(16)7-11/h5-7H,8-10H2,1-4H3. The lowest BCUT2D eigenvalue weighted by Gasteiger charge is -2.47. The maximum Gasteiger partial charge on any atom is 0.304 e. The molecule has 0 bridgehead atoms. The van der Waals surface area contributed by atoms with Crippen molar-refractivity contribution in [2.24, 2.45) is 0 Å². The average Bonchev–Trinajstić information content (AvgIpc) is 2.23. The summed E-state index contributed by atoms with van der Waals surface area (Å²) in [5.41, 5.74) is -0.310. The van der Waals surface area contributed by atoms with Gasteiger partial charge in [-0.05, 0) is 39.3 Å². The number of benzene rings is 1. The van der Waals surface area contributed by atoms with E-state index in [1.165, 1.54) is 12.1 Å². The first-order chi connectivity index (χ1) is 9.58. The molecule has 2 rings (SSSR count). The normalized spacial score (nSPS) is 21.2. The van der Waals surface area contributed by atoms with Crippen molar-refractivity contribution in [3.8, 4) is 0 Å². The Morgan fingerprint density at radius 1 is 1.29 bits per heavy atom. The van der Waals surface area contributed by atoms with Gasteiger partial charge in [-0.15, -0.1) is 0 Å². The van der Waals surface area contributed by atoms with Crippen molar-refractivity contribution in [1.82, 2.24) is 4.90 Å². The van der Waals surface area contributed by atoms with Crippen LogP contribution in [0.2, 0.25) is 0 Å². The van der Waals surface area contributed by atoms with Gasteiger partial charge in [-0.2, -0.15) is 4.39 Å². The van der Waals surface area contributed by atoms with Crippen LogP contribution >= 0.6 is 0 Å². The van der Waals surface area contributed by atoms with Gasteiger partial charge in [-0.3, -0.25) is 15.0 Å². The Morgan fingerprint density at radius 2 is 1.86 bits per heavy atom. The van der Waals surface area contributed by atoms with E-state index in [1.807, 2.05) is 27.7 Å². The highest BCUT2D eigenvalue weighted by atomic mass is 19.1. The predicted octanol–water partition coefficient (Wildman–Crippen LogP) is 3.12. The lowest BCUT2D eigenvalue weighted by molar-refractivity contribution is -0.387. The zero-order valence-corrected chi connectivity index (χ0v) is 12.9. The molecular formula is C15H21FN2O3. The summed E-state index contributed by atoms with van der Waals surface area (Å²) in [6.07, 6.45) is 0. The second-order valence-corrected chi connectivity index (χ2v) is 6.81. The highest BCUT2D eigenvalue weighted by Crippen LogP contribution is 2.29. The molecule has 1 heterocycles. The maximum absolute atomic E-state index is 13.7. The van der Waals surface area contributed by atoms with Gasteiger partial charge in [0.2, 0.25) is 5.82 Å². The lowest BCUT2D eigenvalue weighted by atomic mass is 9.98. The summed E-state index contributed by atoms with van der Waals surface area (Å²) >= 11 is 0. The first kappa shape index (κ1) is 15.9. The molecule has 5 nitrogen and oxygen atoms in total. The van der Waals surface area contributed by atoms with Crippen LogP contribution in [-0.2, 0) is 11.3 Å². The summed E-state index contributed by atoms with van der Waals surface area (Å²) in [5, 5.41) is 10.6. The SMILES string of the molecule is CC1(C)CN(Cc2ccc([N+](=O)[O-])c(F)c2)CC(C)(C)O1. The van der Waals surface area contributed by atoms with Gasteiger partial charge in [-0.25, -0.2) is 0 Å². The van der Waals surface area contributed by atoms with Crippen molar-refractivity contribution in [3.63, 3.8) is 0 Å². The summed E-state index contributed by atoms with van der Waals surface area (Å²) in [7, 11) is 0. The number of nitrogens with zero attached hydrogens (tertiary/aromatic N) is 2. The number of nitro groups is 1. The summed E-state index contributed by atoms with van der Waals surface area (Å²) in [5.74, 6) is -0.788. The summed E-state index contributed by atoms with van der Waals surface area (Å²) in [4.78, 5) is 12.1. The smallest absolute Gasteiger partial charge is 0.304 e. The number of morpholine rings is 1. The molecule has 0 N–H and O–H groups in total. The molecule has 0 aliphatic carbocycles. The van der Waals surface area contributed by atoms with Crippen LogP contribution in [0.5, 0.6) is 0 Å². The van der Waals surface area contributed by atoms with E-state index in [1.54, 1.807) is 6.07 Å². The monoisotopic (exact) mass is 296 g/mol. The van der Waals surface area contributed by atoms with E-state index in [2.05, 4.69) is 4.90 Å². The van der Waals surface area contributed by atoms with E-state index in [0.717, 1.165) is 18.7 Å².